The van der Waals surface area contributed by atoms with Gasteiger partial charge in [0.25, 0.3) is 0 Å². The van der Waals surface area contributed by atoms with Gasteiger partial charge in [0.05, 0.1) is 5.69 Å². The van der Waals surface area contributed by atoms with Crippen molar-refractivity contribution < 1.29 is 4.74 Å². The first-order valence-corrected chi connectivity index (χ1v) is 20.5. The molecule has 0 bridgehead atoms. The van der Waals surface area contributed by atoms with Gasteiger partial charge in [-0.2, -0.15) is 0 Å². The van der Waals surface area contributed by atoms with E-state index in [0.29, 0.717) is 0 Å². The van der Waals surface area contributed by atoms with Gasteiger partial charge in [0, 0.05) is 33.3 Å². The van der Waals surface area contributed by atoms with Gasteiger partial charge in [-0.15, -0.1) is 0 Å². The Balaban J connectivity index is 1.12. The van der Waals surface area contributed by atoms with E-state index in [1.54, 1.807) is 0 Å². The minimum Gasteiger partial charge on any atom is -0.456 e. The molecule has 2 aliphatic rings. The molecule has 10 aromatic carbocycles. The second kappa shape index (κ2) is 12.8. The van der Waals surface area contributed by atoms with Crippen LogP contribution in [-0.2, 0) is 5.41 Å². The average molecular weight is 754 g/mol. The lowest BCUT2D eigenvalue weighted by Crippen LogP contribution is -2.16. The van der Waals surface area contributed by atoms with E-state index < -0.39 is 0 Å². The molecule has 1 aliphatic carbocycles. The minimum atomic E-state index is -0.147. The van der Waals surface area contributed by atoms with Gasteiger partial charge in [0.2, 0.25) is 0 Å². The first-order chi connectivity index (χ1) is 29.0. The number of rotatable bonds is 4. The van der Waals surface area contributed by atoms with Crippen molar-refractivity contribution in [2.75, 3.05) is 4.90 Å². The Hall–Kier alpha value is -7.42. The number of fused-ring (bicyclic) bond motifs is 12. The van der Waals surface area contributed by atoms with Crippen LogP contribution >= 0.6 is 0 Å². The molecule has 12 rings (SSSR count). The second-order valence-corrected chi connectivity index (χ2v) is 16.5. The Morgan fingerprint density at radius 1 is 0.356 bits per heavy atom. The Morgan fingerprint density at radius 3 is 1.83 bits per heavy atom. The highest BCUT2D eigenvalue weighted by Crippen LogP contribution is 2.54. The lowest BCUT2D eigenvalue weighted by atomic mass is 9.82. The summed E-state index contributed by atoms with van der Waals surface area (Å²) < 4.78 is 7.02. The molecular formula is C57H39NO. The lowest BCUT2D eigenvalue weighted by Gasteiger charge is -2.30. The molecule has 0 unspecified atom stereocenters. The van der Waals surface area contributed by atoms with Crippen LogP contribution in [0.1, 0.15) is 25.0 Å². The summed E-state index contributed by atoms with van der Waals surface area (Å²) in [5.74, 6) is 1.70. The maximum absolute atomic E-state index is 7.02. The molecule has 0 radical (unpaired) electrons. The highest BCUT2D eigenvalue weighted by atomic mass is 16.5. The first-order valence-electron chi connectivity index (χ1n) is 20.5. The monoisotopic (exact) mass is 753 g/mol. The van der Waals surface area contributed by atoms with Crippen molar-refractivity contribution in [3.8, 4) is 56.0 Å². The fraction of sp³-hybridized carbons (Fsp3) is 0.0526. The van der Waals surface area contributed by atoms with Crippen LogP contribution in [0.5, 0.6) is 11.5 Å². The molecule has 0 aromatic heterocycles. The summed E-state index contributed by atoms with van der Waals surface area (Å²) in [4.78, 5) is 2.47. The summed E-state index contributed by atoms with van der Waals surface area (Å²) in [6.45, 7) is 4.72. The van der Waals surface area contributed by atoms with Crippen LogP contribution in [0.2, 0.25) is 0 Å². The SMILES string of the molecule is CC1(C)c2ccccc2-c2ccc(N(c3ccc4c(c3)-c3ccc(-c5ccccc5)cc3-c3cc5ccccc5cc3O4)c3cc4ccccc4c4ccccc34)cc21. The molecule has 0 spiro atoms. The molecule has 0 saturated carbocycles. The standard InChI is InChI=1S/C57H39NO/c1-57(2)52-23-13-12-21-46(52)47-28-25-42(35-53(47)57)58(54-32-40-18-8-9-19-43(40)44-20-10-11-22-48(44)54)41-26-29-55-51(34-41)45-27-24-39(36-14-4-3-5-15-36)30-49(45)50-31-37-16-6-7-17-38(37)33-56(50)59-55/h3-35H,1-2H3. The summed E-state index contributed by atoms with van der Waals surface area (Å²) in [7, 11) is 0. The lowest BCUT2D eigenvalue weighted by molar-refractivity contribution is 0.488. The van der Waals surface area contributed by atoms with E-state index in [1.807, 2.05) is 0 Å². The number of benzene rings is 10. The van der Waals surface area contributed by atoms with Gasteiger partial charge < -0.3 is 9.64 Å². The first kappa shape index (κ1) is 33.7. The molecule has 0 amide bonds. The average Bonchev–Trinajstić information content (AvgIpc) is 3.43. The zero-order chi connectivity index (χ0) is 39.2. The highest BCUT2D eigenvalue weighted by molar-refractivity contribution is 6.15. The van der Waals surface area contributed by atoms with Gasteiger partial charge in [-0.05, 0) is 126 Å². The number of hydrogen-bond acceptors (Lipinski definition) is 2. The number of nitrogens with zero attached hydrogens (tertiary/aromatic N) is 1. The molecular weight excluding hydrogens is 715 g/mol. The molecule has 1 aliphatic heterocycles. The van der Waals surface area contributed by atoms with Crippen molar-refractivity contribution in [1.82, 2.24) is 0 Å². The van der Waals surface area contributed by atoms with Crippen molar-refractivity contribution in [1.29, 1.82) is 0 Å². The largest absolute Gasteiger partial charge is 0.456 e. The van der Waals surface area contributed by atoms with E-state index in [0.717, 1.165) is 56.2 Å². The van der Waals surface area contributed by atoms with E-state index in [2.05, 4.69) is 219 Å². The molecule has 1 heterocycles. The Bertz CT molecular complexity index is 3340. The summed E-state index contributed by atoms with van der Waals surface area (Å²) in [6, 6.07) is 73.3. The van der Waals surface area contributed by atoms with Crippen LogP contribution in [0, 0.1) is 0 Å². The van der Waals surface area contributed by atoms with Gasteiger partial charge in [-0.25, -0.2) is 0 Å². The third-order valence-electron chi connectivity index (χ3n) is 12.8. The summed E-state index contributed by atoms with van der Waals surface area (Å²) in [5, 5.41) is 7.24. The van der Waals surface area contributed by atoms with Gasteiger partial charge in [0.1, 0.15) is 11.5 Å². The quantitative estimate of drug-likeness (QED) is 0.166. The molecule has 0 N–H and O–H groups in total. The Kier molecular flexibility index (Phi) is 7.31. The zero-order valence-corrected chi connectivity index (χ0v) is 32.9. The van der Waals surface area contributed by atoms with Crippen molar-refractivity contribution in [3.63, 3.8) is 0 Å². The van der Waals surface area contributed by atoms with Gasteiger partial charge in [0.15, 0.2) is 0 Å². The number of ether oxygens (including phenoxy) is 1. The van der Waals surface area contributed by atoms with Crippen molar-refractivity contribution in [3.05, 3.63) is 211 Å². The Morgan fingerprint density at radius 2 is 0.983 bits per heavy atom. The van der Waals surface area contributed by atoms with Gasteiger partial charge in [-0.3, -0.25) is 0 Å². The molecule has 10 aromatic rings. The molecule has 0 fully saturated rings. The number of hydrogen-bond donors (Lipinski definition) is 0. The van der Waals surface area contributed by atoms with Crippen molar-refractivity contribution in [2.45, 2.75) is 19.3 Å². The maximum atomic E-state index is 7.02. The summed E-state index contributed by atoms with van der Waals surface area (Å²) in [6.07, 6.45) is 0. The van der Waals surface area contributed by atoms with Crippen LogP contribution in [0.4, 0.5) is 17.1 Å². The van der Waals surface area contributed by atoms with Crippen molar-refractivity contribution >= 4 is 49.4 Å². The Labute approximate surface area is 344 Å². The molecule has 278 valence electrons. The van der Waals surface area contributed by atoms with Gasteiger partial charge in [-0.1, -0.05) is 159 Å². The third kappa shape index (κ3) is 5.20. The van der Waals surface area contributed by atoms with Crippen LogP contribution in [0.25, 0.3) is 76.8 Å². The molecule has 2 nitrogen and oxygen atoms in total. The topological polar surface area (TPSA) is 12.5 Å². The fourth-order valence-corrected chi connectivity index (χ4v) is 9.88. The summed E-state index contributed by atoms with van der Waals surface area (Å²) >= 11 is 0. The molecule has 0 saturated heterocycles. The van der Waals surface area contributed by atoms with E-state index in [4.69, 9.17) is 4.74 Å². The molecule has 2 heteroatoms. The predicted octanol–water partition coefficient (Wildman–Crippen LogP) is 16.0. The van der Waals surface area contributed by atoms with Gasteiger partial charge >= 0.3 is 0 Å². The zero-order valence-electron chi connectivity index (χ0n) is 32.9. The third-order valence-corrected chi connectivity index (χ3v) is 12.8. The maximum Gasteiger partial charge on any atom is 0.135 e. The van der Waals surface area contributed by atoms with Crippen LogP contribution in [0.3, 0.4) is 0 Å². The predicted molar refractivity (Wildman–Crippen MR) is 248 cm³/mol. The normalized spacial score (nSPS) is 13.2. The highest BCUT2D eigenvalue weighted by Gasteiger charge is 2.36. The summed E-state index contributed by atoms with van der Waals surface area (Å²) in [5.41, 5.74) is 15.3. The minimum absolute atomic E-state index is 0.147. The van der Waals surface area contributed by atoms with E-state index >= 15 is 0 Å². The molecule has 59 heavy (non-hydrogen) atoms. The fourth-order valence-electron chi connectivity index (χ4n) is 9.88. The van der Waals surface area contributed by atoms with E-state index in [9.17, 15) is 0 Å². The molecule has 0 atom stereocenters. The van der Waals surface area contributed by atoms with Crippen LogP contribution in [-0.4, -0.2) is 0 Å². The van der Waals surface area contributed by atoms with Crippen molar-refractivity contribution in [2.24, 2.45) is 0 Å². The van der Waals surface area contributed by atoms with Crippen LogP contribution in [0.15, 0.2) is 200 Å². The smallest absolute Gasteiger partial charge is 0.135 e. The van der Waals surface area contributed by atoms with E-state index in [-0.39, 0.29) is 5.41 Å². The van der Waals surface area contributed by atoms with Crippen LogP contribution < -0.4 is 9.64 Å². The van der Waals surface area contributed by atoms with E-state index in [1.165, 1.54) is 60.3 Å². The number of anilines is 3. The second-order valence-electron chi connectivity index (χ2n) is 16.5.